The first-order valence-corrected chi connectivity index (χ1v) is 8.13. The molecule has 132 valence electrons. The van der Waals surface area contributed by atoms with E-state index in [-0.39, 0.29) is 30.1 Å². The lowest BCUT2D eigenvalue weighted by Gasteiger charge is -2.30. The highest BCUT2D eigenvalue weighted by atomic mass is 19.1. The molecule has 6 nitrogen and oxygen atoms in total. The Morgan fingerprint density at radius 3 is 2.54 bits per heavy atom. The van der Waals surface area contributed by atoms with Gasteiger partial charge in [0, 0.05) is 25.3 Å². The number of likely N-dealkylation sites (tertiary alicyclic amines) is 1. The van der Waals surface area contributed by atoms with Gasteiger partial charge in [-0.05, 0) is 50.2 Å². The fourth-order valence-corrected chi connectivity index (χ4v) is 2.71. The van der Waals surface area contributed by atoms with Crippen LogP contribution in [0.3, 0.4) is 0 Å². The van der Waals surface area contributed by atoms with Crippen LogP contribution in [-0.4, -0.2) is 56.6 Å². The first-order chi connectivity index (χ1) is 11.6. The average Bonchev–Trinajstić information content (AvgIpc) is 2.58. The van der Waals surface area contributed by atoms with Crippen LogP contribution < -0.4 is 10.6 Å². The number of methoxy groups -OCH3 is 1. The van der Waals surface area contributed by atoms with Gasteiger partial charge in [0.2, 0.25) is 11.8 Å². The van der Waals surface area contributed by atoms with Crippen molar-refractivity contribution >= 4 is 17.5 Å². The summed E-state index contributed by atoms with van der Waals surface area (Å²) >= 11 is 0. The van der Waals surface area contributed by atoms with Gasteiger partial charge in [0.25, 0.3) is 0 Å². The van der Waals surface area contributed by atoms with Crippen molar-refractivity contribution in [3.8, 4) is 0 Å². The standard InChI is InChI=1S/C17H24FN3O3/c1-24-11-8-19-17(23)13-6-9-21(10-7-13)12-16(22)20-15-4-2-14(18)3-5-15/h2-5,13H,6-12H2,1H3,(H,19,23)(H,20,22). The largest absolute Gasteiger partial charge is 0.383 e. The summed E-state index contributed by atoms with van der Waals surface area (Å²) in [5, 5.41) is 5.60. The number of hydrogen-bond acceptors (Lipinski definition) is 4. The molecule has 0 aliphatic carbocycles. The fourth-order valence-electron chi connectivity index (χ4n) is 2.71. The van der Waals surface area contributed by atoms with Gasteiger partial charge < -0.3 is 15.4 Å². The Kier molecular flexibility index (Phi) is 7.14. The van der Waals surface area contributed by atoms with Crippen LogP contribution >= 0.6 is 0 Å². The molecule has 1 fully saturated rings. The monoisotopic (exact) mass is 337 g/mol. The molecular formula is C17H24FN3O3. The lowest BCUT2D eigenvalue weighted by molar-refractivity contribution is -0.126. The van der Waals surface area contributed by atoms with Gasteiger partial charge in [-0.1, -0.05) is 0 Å². The van der Waals surface area contributed by atoms with Crippen molar-refractivity contribution in [2.24, 2.45) is 5.92 Å². The molecule has 24 heavy (non-hydrogen) atoms. The number of amides is 2. The number of anilines is 1. The second-order valence-corrected chi connectivity index (χ2v) is 5.89. The Morgan fingerprint density at radius 1 is 1.25 bits per heavy atom. The number of carbonyl (C=O) groups is 2. The zero-order valence-corrected chi connectivity index (χ0v) is 13.9. The van der Waals surface area contributed by atoms with Crippen LogP contribution in [0.1, 0.15) is 12.8 Å². The van der Waals surface area contributed by atoms with Crippen LogP contribution in [0.25, 0.3) is 0 Å². The quantitative estimate of drug-likeness (QED) is 0.735. The van der Waals surface area contributed by atoms with Crippen LogP contribution in [0.2, 0.25) is 0 Å². The molecule has 2 amide bonds. The third-order valence-electron chi connectivity index (χ3n) is 4.06. The van der Waals surface area contributed by atoms with Crippen molar-refractivity contribution in [2.45, 2.75) is 12.8 Å². The Bertz CT molecular complexity index is 543. The average molecular weight is 337 g/mol. The van der Waals surface area contributed by atoms with Crippen LogP contribution in [0.4, 0.5) is 10.1 Å². The summed E-state index contributed by atoms with van der Waals surface area (Å²) in [5.74, 6) is -0.413. The van der Waals surface area contributed by atoms with Crippen LogP contribution in [0, 0.1) is 11.7 Å². The zero-order valence-electron chi connectivity index (χ0n) is 13.9. The Balaban J connectivity index is 1.69. The van der Waals surface area contributed by atoms with E-state index in [9.17, 15) is 14.0 Å². The molecule has 0 radical (unpaired) electrons. The molecule has 0 saturated carbocycles. The third kappa shape index (κ3) is 5.90. The normalized spacial score (nSPS) is 15.9. The van der Waals surface area contributed by atoms with Gasteiger partial charge in [-0.15, -0.1) is 0 Å². The second kappa shape index (κ2) is 9.34. The summed E-state index contributed by atoms with van der Waals surface area (Å²) in [4.78, 5) is 26.0. The van der Waals surface area contributed by atoms with E-state index in [0.29, 0.717) is 31.9 Å². The van der Waals surface area contributed by atoms with Crippen molar-refractivity contribution in [1.82, 2.24) is 10.2 Å². The van der Waals surface area contributed by atoms with Crippen molar-refractivity contribution < 1.29 is 18.7 Å². The van der Waals surface area contributed by atoms with E-state index in [1.165, 1.54) is 24.3 Å². The number of ether oxygens (including phenoxy) is 1. The van der Waals surface area contributed by atoms with Gasteiger partial charge in [0.15, 0.2) is 0 Å². The molecule has 2 rings (SSSR count). The predicted octanol–water partition coefficient (Wildman–Crippen LogP) is 1.24. The summed E-state index contributed by atoms with van der Waals surface area (Å²) in [7, 11) is 1.60. The van der Waals surface area contributed by atoms with Gasteiger partial charge in [0.05, 0.1) is 13.2 Å². The predicted molar refractivity (Wildman–Crippen MR) is 89.1 cm³/mol. The van der Waals surface area contributed by atoms with E-state index in [2.05, 4.69) is 10.6 Å². The van der Waals surface area contributed by atoms with Gasteiger partial charge in [-0.25, -0.2) is 4.39 Å². The van der Waals surface area contributed by atoms with Crippen molar-refractivity contribution in [3.63, 3.8) is 0 Å². The van der Waals surface area contributed by atoms with Crippen molar-refractivity contribution in [3.05, 3.63) is 30.1 Å². The number of rotatable bonds is 7. The summed E-state index contributed by atoms with van der Waals surface area (Å²) in [5.41, 5.74) is 0.578. The topological polar surface area (TPSA) is 70.7 Å². The van der Waals surface area contributed by atoms with E-state index in [1.54, 1.807) is 7.11 Å². The summed E-state index contributed by atoms with van der Waals surface area (Å²) < 4.78 is 17.7. The lowest BCUT2D eigenvalue weighted by Crippen LogP contribution is -2.43. The number of hydrogen-bond donors (Lipinski definition) is 2. The molecule has 1 aliphatic heterocycles. The summed E-state index contributed by atoms with van der Waals surface area (Å²) in [6.45, 7) is 2.72. The fraction of sp³-hybridized carbons (Fsp3) is 0.529. The Hall–Kier alpha value is -1.99. The maximum absolute atomic E-state index is 12.8. The van der Waals surface area contributed by atoms with Gasteiger partial charge in [-0.3, -0.25) is 14.5 Å². The van der Waals surface area contributed by atoms with Gasteiger partial charge in [-0.2, -0.15) is 0 Å². The van der Waals surface area contributed by atoms with Gasteiger partial charge in [0.1, 0.15) is 5.82 Å². The number of halogens is 1. The molecule has 0 spiro atoms. The van der Waals surface area contributed by atoms with Crippen molar-refractivity contribution in [1.29, 1.82) is 0 Å². The summed E-state index contributed by atoms with van der Waals surface area (Å²) in [6, 6.07) is 5.68. The van der Waals surface area contributed by atoms with E-state index in [1.807, 2.05) is 4.90 Å². The lowest BCUT2D eigenvalue weighted by atomic mass is 9.96. The molecule has 7 heteroatoms. The minimum Gasteiger partial charge on any atom is -0.383 e. The molecule has 1 aromatic carbocycles. The Labute approximate surface area is 141 Å². The third-order valence-corrected chi connectivity index (χ3v) is 4.06. The maximum atomic E-state index is 12.8. The number of nitrogens with zero attached hydrogens (tertiary/aromatic N) is 1. The summed E-state index contributed by atoms with van der Waals surface area (Å²) in [6.07, 6.45) is 1.48. The van der Waals surface area contributed by atoms with Gasteiger partial charge >= 0.3 is 0 Å². The molecule has 0 atom stereocenters. The molecule has 1 aromatic rings. The van der Waals surface area contributed by atoms with E-state index >= 15 is 0 Å². The molecule has 2 N–H and O–H groups in total. The molecule has 0 unspecified atom stereocenters. The number of nitrogens with one attached hydrogen (secondary N) is 2. The van der Waals surface area contributed by atoms with Crippen LogP contribution in [0.5, 0.6) is 0 Å². The Morgan fingerprint density at radius 2 is 1.92 bits per heavy atom. The first kappa shape index (κ1) is 18.4. The maximum Gasteiger partial charge on any atom is 0.238 e. The SMILES string of the molecule is COCCNC(=O)C1CCN(CC(=O)Nc2ccc(F)cc2)CC1. The highest BCUT2D eigenvalue weighted by Gasteiger charge is 2.25. The number of carbonyl (C=O) groups excluding carboxylic acids is 2. The highest BCUT2D eigenvalue weighted by molar-refractivity contribution is 5.92. The van der Waals surface area contributed by atoms with E-state index < -0.39 is 0 Å². The van der Waals surface area contributed by atoms with Crippen LogP contribution in [-0.2, 0) is 14.3 Å². The zero-order chi connectivity index (χ0) is 17.4. The van der Waals surface area contributed by atoms with E-state index in [0.717, 1.165) is 12.8 Å². The molecule has 0 aromatic heterocycles. The number of benzene rings is 1. The first-order valence-electron chi connectivity index (χ1n) is 8.13. The highest BCUT2D eigenvalue weighted by Crippen LogP contribution is 2.17. The smallest absolute Gasteiger partial charge is 0.238 e. The van der Waals surface area contributed by atoms with Crippen LogP contribution in [0.15, 0.2) is 24.3 Å². The molecule has 0 bridgehead atoms. The minimum absolute atomic E-state index is 0.00161. The molecule has 1 heterocycles. The minimum atomic E-state index is -0.334. The molecular weight excluding hydrogens is 313 g/mol. The second-order valence-electron chi connectivity index (χ2n) is 5.89. The number of piperidine rings is 1. The molecule has 1 aliphatic rings. The molecule has 1 saturated heterocycles. The van der Waals surface area contributed by atoms with E-state index in [4.69, 9.17) is 4.74 Å². The van der Waals surface area contributed by atoms with Crippen molar-refractivity contribution in [2.75, 3.05) is 45.2 Å².